The molecule has 0 saturated carbocycles. The van der Waals surface area contributed by atoms with Gasteiger partial charge >= 0.3 is 0 Å². The summed E-state index contributed by atoms with van der Waals surface area (Å²) in [6.45, 7) is 3.55. The largest absolute Gasteiger partial charge is 0.320 e. The highest BCUT2D eigenvalue weighted by molar-refractivity contribution is 6.32. The Balaban J connectivity index is 2.04. The molecule has 0 aliphatic rings. The van der Waals surface area contributed by atoms with Crippen LogP contribution in [0.15, 0.2) is 53.3 Å². The third kappa shape index (κ3) is 3.64. The summed E-state index contributed by atoms with van der Waals surface area (Å²) in [5, 5.41) is 7.86. The maximum absolute atomic E-state index is 12.6. The van der Waals surface area contributed by atoms with E-state index in [0.29, 0.717) is 27.1 Å². The summed E-state index contributed by atoms with van der Waals surface area (Å²) >= 11 is 12.2. The van der Waals surface area contributed by atoms with Crippen molar-refractivity contribution in [1.82, 2.24) is 9.78 Å². The first kappa shape index (κ1) is 18.2. The fourth-order valence-corrected chi connectivity index (χ4v) is 2.87. The lowest BCUT2D eigenvalue weighted by Gasteiger charge is -2.13. The third-order valence-corrected chi connectivity index (χ3v) is 4.41. The van der Waals surface area contributed by atoms with Crippen LogP contribution in [-0.2, 0) is 0 Å². The van der Waals surface area contributed by atoms with E-state index < -0.39 is 11.3 Å². The molecule has 26 heavy (non-hydrogen) atoms. The number of hydrogen-bond acceptors (Lipinski definition) is 3. The van der Waals surface area contributed by atoms with Crippen LogP contribution >= 0.6 is 23.2 Å². The summed E-state index contributed by atoms with van der Waals surface area (Å²) in [5.41, 5.74) is 1.80. The topological polar surface area (TPSA) is 64.0 Å². The normalized spacial score (nSPS) is 10.6. The van der Waals surface area contributed by atoms with E-state index in [-0.39, 0.29) is 5.69 Å². The second-order valence-electron chi connectivity index (χ2n) is 5.78. The van der Waals surface area contributed by atoms with Gasteiger partial charge < -0.3 is 5.32 Å². The van der Waals surface area contributed by atoms with Crippen molar-refractivity contribution in [1.29, 1.82) is 0 Å². The number of halogens is 2. The van der Waals surface area contributed by atoms with Gasteiger partial charge in [0.05, 0.1) is 10.7 Å². The molecule has 0 bridgehead atoms. The first-order valence-corrected chi connectivity index (χ1v) is 8.56. The lowest BCUT2D eigenvalue weighted by Crippen LogP contribution is -2.27. The summed E-state index contributed by atoms with van der Waals surface area (Å²) in [6, 6.07) is 13.5. The summed E-state index contributed by atoms with van der Waals surface area (Å²) in [6.07, 6.45) is 0. The van der Waals surface area contributed by atoms with Crippen molar-refractivity contribution in [2.24, 2.45) is 0 Å². The quantitative estimate of drug-likeness (QED) is 0.723. The molecule has 3 rings (SSSR count). The minimum Gasteiger partial charge on any atom is -0.320 e. The Morgan fingerprint density at radius 3 is 2.54 bits per heavy atom. The van der Waals surface area contributed by atoms with E-state index in [9.17, 15) is 9.59 Å². The number of carbonyl (C=O) groups excluding carboxylic acids is 1. The molecule has 0 unspecified atom stereocenters. The molecule has 1 heterocycles. The fourth-order valence-electron chi connectivity index (χ4n) is 2.48. The van der Waals surface area contributed by atoms with E-state index in [2.05, 4.69) is 10.4 Å². The summed E-state index contributed by atoms with van der Waals surface area (Å²) < 4.78 is 1.48. The number of aromatic nitrogens is 2. The van der Waals surface area contributed by atoms with E-state index in [0.717, 1.165) is 5.56 Å². The minimum atomic E-state index is -0.610. The minimum absolute atomic E-state index is 0.227. The molecule has 3 aromatic rings. The Bertz CT molecular complexity index is 1060. The molecule has 1 aromatic heterocycles. The summed E-state index contributed by atoms with van der Waals surface area (Å²) in [5.74, 6) is -0.610. The van der Waals surface area contributed by atoms with Gasteiger partial charge in [0, 0.05) is 22.5 Å². The van der Waals surface area contributed by atoms with Crippen molar-refractivity contribution in [2.75, 3.05) is 5.32 Å². The number of benzene rings is 2. The Kier molecular flexibility index (Phi) is 5.11. The number of nitrogens with zero attached hydrogens (tertiary/aromatic N) is 2. The molecular formula is C19H15Cl2N3O2. The van der Waals surface area contributed by atoms with Crippen LogP contribution < -0.4 is 10.7 Å². The molecule has 2 aromatic carbocycles. The molecule has 0 spiro atoms. The first-order valence-electron chi connectivity index (χ1n) is 7.80. The molecule has 0 aliphatic heterocycles. The SMILES string of the molecule is Cc1ccc(Cl)cc1NC(=O)c1nn(-c2ccccc2Cl)c(C)cc1=O. The van der Waals surface area contributed by atoms with Gasteiger partial charge in [-0.1, -0.05) is 41.4 Å². The van der Waals surface area contributed by atoms with Crippen LogP contribution in [0.1, 0.15) is 21.7 Å². The maximum Gasteiger partial charge on any atom is 0.280 e. The molecule has 7 heteroatoms. The van der Waals surface area contributed by atoms with Gasteiger partial charge in [0.25, 0.3) is 5.91 Å². The highest BCUT2D eigenvalue weighted by atomic mass is 35.5. The molecule has 0 radical (unpaired) electrons. The molecule has 0 saturated heterocycles. The zero-order chi connectivity index (χ0) is 18.8. The van der Waals surface area contributed by atoms with Gasteiger partial charge in [-0.05, 0) is 43.7 Å². The first-order chi connectivity index (χ1) is 12.4. The van der Waals surface area contributed by atoms with Crippen molar-refractivity contribution >= 4 is 34.8 Å². The number of amides is 1. The van der Waals surface area contributed by atoms with Crippen LogP contribution in [0.5, 0.6) is 0 Å². The van der Waals surface area contributed by atoms with Crippen LogP contribution in [0.3, 0.4) is 0 Å². The van der Waals surface area contributed by atoms with Gasteiger partial charge in [0.2, 0.25) is 5.43 Å². The number of carbonyl (C=O) groups is 1. The molecular weight excluding hydrogens is 373 g/mol. The zero-order valence-electron chi connectivity index (χ0n) is 14.1. The highest BCUT2D eigenvalue weighted by Gasteiger charge is 2.17. The number of aryl methyl sites for hydroxylation is 2. The predicted molar refractivity (Wildman–Crippen MR) is 104 cm³/mol. The zero-order valence-corrected chi connectivity index (χ0v) is 15.6. The molecule has 1 amide bonds. The molecule has 1 N–H and O–H groups in total. The average molecular weight is 388 g/mol. The Morgan fingerprint density at radius 1 is 1.08 bits per heavy atom. The molecule has 0 atom stereocenters. The van der Waals surface area contributed by atoms with Crippen LogP contribution in [0.2, 0.25) is 10.0 Å². The third-order valence-electron chi connectivity index (χ3n) is 3.85. The van der Waals surface area contributed by atoms with Crippen LogP contribution in [-0.4, -0.2) is 15.7 Å². The molecule has 5 nitrogen and oxygen atoms in total. The summed E-state index contributed by atoms with van der Waals surface area (Å²) in [4.78, 5) is 24.9. The molecule has 0 aliphatic carbocycles. The Labute approximate surface area is 160 Å². The lowest BCUT2D eigenvalue weighted by atomic mass is 10.2. The van der Waals surface area contributed by atoms with Crippen molar-refractivity contribution in [2.45, 2.75) is 13.8 Å². The van der Waals surface area contributed by atoms with E-state index in [1.165, 1.54) is 10.7 Å². The second-order valence-corrected chi connectivity index (χ2v) is 6.62. The Hall–Kier alpha value is -2.63. The van der Waals surface area contributed by atoms with Gasteiger partial charge in [0.15, 0.2) is 5.69 Å². The Morgan fingerprint density at radius 2 is 1.81 bits per heavy atom. The van der Waals surface area contributed by atoms with E-state index in [1.54, 1.807) is 49.4 Å². The van der Waals surface area contributed by atoms with Crippen LogP contribution in [0.25, 0.3) is 5.69 Å². The standard InChI is InChI=1S/C19H15Cl2N3O2/c1-11-7-8-13(20)10-15(11)22-19(26)18-17(25)9-12(2)24(23-18)16-6-4-3-5-14(16)21/h3-10H,1-2H3,(H,22,26). The van der Waals surface area contributed by atoms with Gasteiger partial charge in [-0.15, -0.1) is 0 Å². The van der Waals surface area contributed by atoms with E-state index >= 15 is 0 Å². The van der Waals surface area contributed by atoms with E-state index in [4.69, 9.17) is 23.2 Å². The molecule has 0 fully saturated rings. The van der Waals surface area contributed by atoms with Crippen LogP contribution in [0.4, 0.5) is 5.69 Å². The summed E-state index contributed by atoms with van der Waals surface area (Å²) in [7, 11) is 0. The number of rotatable bonds is 3. The van der Waals surface area contributed by atoms with Gasteiger partial charge in [-0.25, -0.2) is 4.68 Å². The van der Waals surface area contributed by atoms with Crippen molar-refractivity contribution in [3.05, 3.63) is 85.8 Å². The second kappa shape index (κ2) is 7.32. The van der Waals surface area contributed by atoms with Gasteiger partial charge in [0.1, 0.15) is 0 Å². The number of anilines is 1. The van der Waals surface area contributed by atoms with Crippen molar-refractivity contribution in [3.63, 3.8) is 0 Å². The van der Waals surface area contributed by atoms with Gasteiger partial charge in [-0.3, -0.25) is 9.59 Å². The number of para-hydroxylation sites is 1. The fraction of sp³-hybridized carbons (Fsp3) is 0.105. The smallest absolute Gasteiger partial charge is 0.280 e. The molecule has 132 valence electrons. The highest BCUT2D eigenvalue weighted by Crippen LogP contribution is 2.22. The van der Waals surface area contributed by atoms with Gasteiger partial charge in [-0.2, -0.15) is 5.10 Å². The number of hydrogen-bond donors (Lipinski definition) is 1. The van der Waals surface area contributed by atoms with Crippen LogP contribution in [0, 0.1) is 13.8 Å². The number of nitrogens with one attached hydrogen (secondary N) is 1. The van der Waals surface area contributed by atoms with Crippen molar-refractivity contribution in [3.8, 4) is 5.69 Å². The predicted octanol–water partition coefficient (Wildman–Crippen LogP) is 4.41. The van der Waals surface area contributed by atoms with Crippen molar-refractivity contribution < 1.29 is 4.79 Å². The monoisotopic (exact) mass is 387 g/mol. The average Bonchev–Trinajstić information content (AvgIpc) is 2.59. The van der Waals surface area contributed by atoms with E-state index in [1.807, 2.05) is 6.92 Å². The lowest BCUT2D eigenvalue weighted by molar-refractivity contribution is 0.101. The maximum atomic E-state index is 12.6.